The van der Waals surface area contributed by atoms with Gasteiger partial charge in [-0.05, 0) is 12.1 Å². The summed E-state index contributed by atoms with van der Waals surface area (Å²) in [5.41, 5.74) is -0.434. The van der Waals surface area contributed by atoms with E-state index in [9.17, 15) is 4.79 Å². The Morgan fingerprint density at radius 1 is 1.33 bits per heavy atom. The van der Waals surface area contributed by atoms with Gasteiger partial charge in [0.2, 0.25) is 5.91 Å². The van der Waals surface area contributed by atoms with E-state index in [0.717, 1.165) is 0 Å². The first-order valence-corrected chi connectivity index (χ1v) is 4.97. The van der Waals surface area contributed by atoms with Crippen LogP contribution in [0.25, 0.3) is 0 Å². The number of carbonyl (C=O) groups excluding carboxylic acids is 1. The van der Waals surface area contributed by atoms with Crippen molar-refractivity contribution in [1.29, 1.82) is 0 Å². The monoisotopic (exact) mass is 227 g/mol. The summed E-state index contributed by atoms with van der Waals surface area (Å²) < 4.78 is 0. The van der Waals surface area contributed by atoms with Crippen LogP contribution in [0.1, 0.15) is 20.8 Å². The number of amides is 1. The molecule has 1 rings (SSSR count). The van der Waals surface area contributed by atoms with Crippen LogP contribution in [0.5, 0.6) is 0 Å². The Labute approximate surface area is 94.3 Å². The van der Waals surface area contributed by atoms with E-state index in [0.29, 0.717) is 11.0 Å². The molecule has 0 aliphatic rings. The Balaban J connectivity index is 2.90. The number of carbonyl (C=O) groups is 1. The molecular formula is C10H14ClN3O. The zero-order valence-corrected chi connectivity index (χ0v) is 10.0. The van der Waals surface area contributed by atoms with Crippen molar-refractivity contribution in [3.63, 3.8) is 0 Å². The number of hydrogen-bond acceptors (Lipinski definition) is 3. The first-order valence-electron chi connectivity index (χ1n) is 4.60. The first-order chi connectivity index (χ1) is 6.82. The molecule has 0 unspecified atom stereocenters. The molecule has 0 atom stereocenters. The van der Waals surface area contributed by atoms with Gasteiger partial charge in [0.05, 0.1) is 0 Å². The Hall–Kier alpha value is -1.16. The predicted octanol–water partition coefficient (Wildman–Crippen LogP) is 2.14. The molecule has 1 aromatic heterocycles. The maximum absolute atomic E-state index is 11.9. The molecule has 0 bridgehead atoms. The lowest BCUT2D eigenvalue weighted by Gasteiger charge is -2.24. The lowest BCUT2D eigenvalue weighted by Crippen LogP contribution is -2.37. The molecular weight excluding hydrogens is 214 g/mol. The molecule has 0 saturated heterocycles. The van der Waals surface area contributed by atoms with E-state index < -0.39 is 5.41 Å². The highest BCUT2D eigenvalue weighted by Gasteiger charge is 2.26. The normalized spacial score (nSPS) is 11.3. The van der Waals surface area contributed by atoms with Gasteiger partial charge in [0.15, 0.2) is 11.0 Å². The van der Waals surface area contributed by atoms with Crippen molar-refractivity contribution in [3.05, 3.63) is 17.3 Å². The fourth-order valence-corrected chi connectivity index (χ4v) is 1.20. The van der Waals surface area contributed by atoms with Gasteiger partial charge in [-0.25, -0.2) is 0 Å². The molecule has 82 valence electrons. The molecule has 0 N–H and O–H groups in total. The Morgan fingerprint density at radius 2 is 1.93 bits per heavy atom. The fourth-order valence-electron chi connectivity index (χ4n) is 1.10. The van der Waals surface area contributed by atoms with E-state index >= 15 is 0 Å². The number of hydrogen-bond donors (Lipinski definition) is 0. The molecule has 5 heteroatoms. The van der Waals surface area contributed by atoms with E-state index in [4.69, 9.17) is 11.6 Å². The second-order valence-corrected chi connectivity index (χ2v) is 4.72. The van der Waals surface area contributed by atoms with E-state index in [1.165, 1.54) is 4.90 Å². The quantitative estimate of drug-likeness (QED) is 0.739. The highest BCUT2D eigenvalue weighted by Crippen LogP contribution is 2.20. The highest BCUT2D eigenvalue weighted by molar-refractivity contribution is 6.29. The molecule has 0 spiro atoms. The van der Waals surface area contributed by atoms with Crippen LogP contribution < -0.4 is 4.90 Å². The molecule has 0 aliphatic carbocycles. The van der Waals surface area contributed by atoms with Gasteiger partial charge in [0, 0.05) is 12.5 Å². The molecule has 0 radical (unpaired) electrons. The average molecular weight is 228 g/mol. The maximum Gasteiger partial charge on any atom is 0.233 e. The van der Waals surface area contributed by atoms with Crippen LogP contribution in [0.4, 0.5) is 5.82 Å². The number of aromatic nitrogens is 2. The van der Waals surface area contributed by atoms with Crippen LogP contribution in [0.2, 0.25) is 5.15 Å². The van der Waals surface area contributed by atoms with Gasteiger partial charge in [-0.3, -0.25) is 9.69 Å². The van der Waals surface area contributed by atoms with Crippen molar-refractivity contribution < 1.29 is 4.79 Å². The van der Waals surface area contributed by atoms with Crippen LogP contribution in [0.3, 0.4) is 0 Å². The zero-order chi connectivity index (χ0) is 11.6. The third-order valence-corrected chi connectivity index (χ3v) is 2.11. The van der Waals surface area contributed by atoms with Gasteiger partial charge in [-0.2, -0.15) is 0 Å². The minimum Gasteiger partial charge on any atom is -0.298 e. The summed E-state index contributed by atoms with van der Waals surface area (Å²) in [5.74, 6) is 0.485. The highest BCUT2D eigenvalue weighted by atomic mass is 35.5. The van der Waals surface area contributed by atoms with Crippen LogP contribution in [-0.4, -0.2) is 23.2 Å². The lowest BCUT2D eigenvalue weighted by molar-refractivity contribution is -0.125. The van der Waals surface area contributed by atoms with E-state index in [2.05, 4.69) is 10.2 Å². The smallest absolute Gasteiger partial charge is 0.233 e. The van der Waals surface area contributed by atoms with E-state index in [1.807, 2.05) is 20.8 Å². The number of anilines is 1. The predicted molar refractivity (Wildman–Crippen MR) is 59.9 cm³/mol. The molecule has 1 amide bonds. The molecule has 4 nitrogen and oxygen atoms in total. The van der Waals surface area contributed by atoms with Gasteiger partial charge in [0.25, 0.3) is 0 Å². The van der Waals surface area contributed by atoms with Crippen molar-refractivity contribution in [1.82, 2.24) is 10.2 Å². The van der Waals surface area contributed by atoms with Crippen LogP contribution in [0, 0.1) is 5.41 Å². The second-order valence-electron chi connectivity index (χ2n) is 4.33. The summed E-state index contributed by atoms with van der Waals surface area (Å²) in [6.45, 7) is 5.57. The third kappa shape index (κ3) is 2.89. The molecule has 1 heterocycles. The standard InChI is InChI=1S/C10H14ClN3O/c1-10(2,3)9(15)14(4)8-6-5-7(11)12-13-8/h5-6H,1-4H3. The van der Waals surface area contributed by atoms with Crippen molar-refractivity contribution in [3.8, 4) is 0 Å². The van der Waals surface area contributed by atoms with E-state index in [1.54, 1.807) is 19.2 Å². The molecule has 1 aromatic rings. The maximum atomic E-state index is 11.9. The van der Waals surface area contributed by atoms with Crippen LogP contribution >= 0.6 is 11.6 Å². The molecule has 0 fully saturated rings. The topological polar surface area (TPSA) is 46.1 Å². The summed E-state index contributed by atoms with van der Waals surface area (Å²) >= 11 is 5.61. The molecule has 0 saturated carbocycles. The second kappa shape index (κ2) is 4.14. The van der Waals surface area contributed by atoms with Crippen molar-refractivity contribution >= 4 is 23.3 Å². The summed E-state index contributed by atoms with van der Waals surface area (Å²) in [4.78, 5) is 13.4. The Bertz CT molecular complexity index is 356. The lowest BCUT2D eigenvalue weighted by atomic mass is 9.95. The largest absolute Gasteiger partial charge is 0.298 e. The van der Waals surface area contributed by atoms with Gasteiger partial charge in [0.1, 0.15) is 0 Å². The third-order valence-electron chi connectivity index (χ3n) is 1.91. The van der Waals surface area contributed by atoms with Crippen molar-refractivity contribution in [2.24, 2.45) is 5.41 Å². The average Bonchev–Trinajstić information content (AvgIpc) is 2.15. The summed E-state index contributed by atoms with van der Waals surface area (Å²) in [5, 5.41) is 7.84. The minimum atomic E-state index is -0.434. The van der Waals surface area contributed by atoms with Gasteiger partial charge in [-0.15, -0.1) is 10.2 Å². The van der Waals surface area contributed by atoms with Crippen molar-refractivity contribution in [2.75, 3.05) is 11.9 Å². The fraction of sp³-hybridized carbons (Fsp3) is 0.500. The summed E-state index contributed by atoms with van der Waals surface area (Å²) in [7, 11) is 1.67. The molecule has 15 heavy (non-hydrogen) atoms. The van der Waals surface area contributed by atoms with Gasteiger partial charge < -0.3 is 0 Å². The minimum absolute atomic E-state index is 0.0147. The van der Waals surface area contributed by atoms with Crippen LogP contribution in [-0.2, 0) is 4.79 Å². The van der Waals surface area contributed by atoms with Gasteiger partial charge in [-0.1, -0.05) is 32.4 Å². The van der Waals surface area contributed by atoms with Crippen molar-refractivity contribution in [2.45, 2.75) is 20.8 Å². The molecule has 0 aliphatic heterocycles. The zero-order valence-electron chi connectivity index (χ0n) is 9.28. The first kappa shape index (κ1) is 11.9. The van der Waals surface area contributed by atoms with Gasteiger partial charge >= 0.3 is 0 Å². The number of nitrogens with zero attached hydrogens (tertiary/aromatic N) is 3. The summed E-state index contributed by atoms with van der Waals surface area (Å²) in [6, 6.07) is 3.27. The number of rotatable bonds is 1. The molecule has 0 aromatic carbocycles. The SMILES string of the molecule is CN(C(=O)C(C)(C)C)c1ccc(Cl)nn1. The summed E-state index contributed by atoms with van der Waals surface area (Å²) in [6.07, 6.45) is 0. The van der Waals surface area contributed by atoms with E-state index in [-0.39, 0.29) is 5.91 Å². The Kier molecular flexibility index (Phi) is 3.29. The van der Waals surface area contributed by atoms with Crippen LogP contribution in [0.15, 0.2) is 12.1 Å². The Morgan fingerprint density at radius 3 is 2.33 bits per heavy atom. The number of halogens is 1.